The molecular formula is C17H24N2O2. The number of aromatic nitrogens is 1. The lowest BCUT2D eigenvalue weighted by molar-refractivity contribution is 0.317. The highest BCUT2D eigenvalue weighted by molar-refractivity contribution is 5.58. The molecule has 1 aromatic carbocycles. The summed E-state index contributed by atoms with van der Waals surface area (Å²) in [5.74, 6) is 2.31. The molecule has 0 spiro atoms. The van der Waals surface area contributed by atoms with Gasteiger partial charge in [-0.2, -0.15) is 0 Å². The Morgan fingerprint density at radius 2 is 2.00 bits per heavy atom. The molecule has 114 valence electrons. The van der Waals surface area contributed by atoms with E-state index in [4.69, 9.17) is 9.26 Å². The van der Waals surface area contributed by atoms with Crippen LogP contribution in [0.3, 0.4) is 0 Å². The Hall–Kier alpha value is -1.81. The van der Waals surface area contributed by atoms with Gasteiger partial charge in [-0.25, -0.2) is 0 Å². The third-order valence-corrected chi connectivity index (χ3v) is 3.03. The number of hydrogen-bond donors (Lipinski definition) is 1. The minimum atomic E-state index is 0.632. The minimum Gasteiger partial charge on any atom is -0.494 e. The van der Waals surface area contributed by atoms with Gasteiger partial charge in [0, 0.05) is 18.2 Å². The second kappa shape index (κ2) is 7.84. The average molecular weight is 288 g/mol. The summed E-state index contributed by atoms with van der Waals surface area (Å²) in [6.07, 6.45) is 1.01. The van der Waals surface area contributed by atoms with Crippen molar-refractivity contribution in [2.24, 2.45) is 5.92 Å². The maximum absolute atomic E-state index is 5.57. The van der Waals surface area contributed by atoms with E-state index in [0.717, 1.165) is 48.9 Å². The fourth-order valence-corrected chi connectivity index (χ4v) is 1.96. The van der Waals surface area contributed by atoms with E-state index in [-0.39, 0.29) is 0 Å². The molecule has 4 heteroatoms. The van der Waals surface area contributed by atoms with E-state index < -0.39 is 0 Å². The Morgan fingerprint density at radius 1 is 1.24 bits per heavy atom. The Balaban J connectivity index is 1.94. The lowest BCUT2D eigenvalue weighted by atomic mass is 10.1. The summed E-state index contributed by atoms with van der Waals surface area (Å²) in [6.45, 7) is 8.92. The summed E-state index contributed by atoms with van der Waals surface area (Å²) in [5.41, 5.74) is 1.94. The first-order valence-corrected chi connectivity index (χ1v) is 7.58. The van der Waals surface area contributed by atoms with Crippen LogP contribution in [0.5, 0.6) is 5.75 Å². The van der Waals surface area contributed by atoms with E-state index in [2.05, 4.69) is 31.2 Å². The van der Waals surface area contributed by atoms with E-state index in [1.54, 1.807) is 0 Å². The zero-order valence-corrected chi connectivity index (χ0v) is 13.1. The zero-order chi connectivity index (χ0) is 15.1. The molecule has 0 fully saturated rings. The molecular weight excluding hydrogens is 264 g/mol. The highest BCUT2D eigenvalue weighted by Crippen LogP contribution is 2.23. The molecule has 0 radical (unpaired) electrons. The van der Waals surface area contributed by atoms with Crippen LogP contribution >= 0.6 is 0 Å². The van der Waals surface area contributed by atoms with E-state index in [1.807, 2.05) is 30.3 Å². The van der Waals surface area contributed by atoms with Crippen molar-refractivity contribution < 1.29 is 9.26 Å². The van der Waals surface area contributed by atoms with Gasteiger partial charge in [0.1, 0.15) is 5.75 Å². The van der Waals surface area contributed by atoms with Gasteiger partial charge in [0.15, 0.2) is 5.76 Å². The lowest BCUT2D eigenvalue weighted by Crippen LogP contribution is -2.18. The third-order valence-electron chi connectivity index (χ3n) is 3.03. The molecule has 1 aromatic heterocycles. The molecule has 0 saturated heterocycles. The molecule has 1 heterocycles. The molecule has 21 heavy (non-hydrogen) atoms. The highest BCUT2D eigenvalue weighted by atomic mass is 16.5. The summed E-state index contributed by atoms with van der Waals surface area (Å²) in [5, 5.41) is 7.45. The van der Waals surface area contributed by atoms with Crippen molar-refractivity contribution in [1.82, 2.24) is 10.5 Å². The van der Waals surface area contributed by atoms with Gasteiger partial charge in [-0.05, 0) is 43.1 Å². The number of nitrogens with one attached hydrogen (secondary N) is 1. The predicted octanol–water partition coefficient (Wildman–Crippen LogP) is 3.88. The number of hydrogen-bond acceptors (Lipinski definition) is 4. The fourth-order valence-electron chi connectivity index (χ4n) is 1.96. The summed E-state index contributed by atoms with van der Waals surface area (Å²) in [6, 6.07) is 9.90. The second-order valence-corrected chi connectivity index (χ2v) is 5.58. The van der Waals surface area contributed by atoms with Crippen molar-refractivity contribution in [3.05, 3.63) is 36.0 Å². The Labute approximate surface area is 126 Å². The summed E-state index contributed by atoms with van der Waals surface area (Å²) < 4.78 is 11.0. The van der Waals surface area contributed by atoms with E-state index in [0.29, 0.717) is 5.92 Å². The first-order chi connectivity index (χ1) is 10.2. The largest absolute Gasteiger partial charge is 0.494 e. The first kappa shape index (κ1) is 15.6. The number of nitrogens with zero attached hydrogens (tertiary/aromatic N) is 1. The fraction of sp³-hybridized carbons (Fsp3) is 0.471. The highest BCUT2D eigenvalue weighted by Gasteiger charge is 2.07. The summed E-state index contributed by atoms with van der Waals surface area (Å²) in [4.78, 5) is 0. The van der Waals surface area contributed by atoms with Crippen LogP contribution in [0, 0.1) is 5.92 Å². The van der Waals surface area contributed by atoms with Gasteiger partial charge in [0.2, 0.25) is 0 Å². The maximum Gasteiger partial charge on any atom is 0.167 e. The van der Waals surface area contributed by atoms with Crippen LogP contribution in [0.1, 0.15) is 32.9 Å². The van der Waals surface area contributed by atoms with Crippen molar-refractivity contribution in [2.75, 3.05) is 13.2 Å². The van der Waals surface area contributed by atoms with Crippen LogP contribution in [-0.2, 0) is 6.54 Å². The quantitative estimate of drug-likeness (QED) is 0.801. The second-order valence-electron chi connectivity index (χ2n) is 5.58. The van der Waals surface area contributed by atoms with Crippen LogP contribution in [0.4, 0.5) is 0 Å². The monoisotopic (exact) mass is 288 g/mol. The van der Waals surface area contributed by atoms with Crippen molar-refractivity contribution >= 4 is 0 Å². The standard InChI is InChI=1S/C17H24N2O2/c1-4-9-20-16-7-5-14(6-8-16)17-10-15(19-21-17)12-18-11-13(2)3/h5-8,10,13,18H,4,9,11-12H2,1-3H3. The van der Waals surface area contributed by atoms with Gasteiger partial charge in [-0.15, -0.1) is 0 Å². The van der Waals surface area contributed by atoms with Gasteiger partial charge in [-0.1, -0.05) is 25.9 Å². The van der Waals surface area contributed by atoms with Gasteiger partial charge >= 0.3 is 0 Å². The maximum atomic E-state index is 5.57. The number of ether oxygens (including phenoxy) is 1. The molecule has 0 bridgehead atoms. The van der Waals surface area contributed by atoms with E-state index >= 15 is 0 Å². The SMILES string of the molecule is CCCOc1ccc(-c2cc(CNCC(C)C)no2)cc1. The topological polar surface area (TPSA) is 47.3 Å². The van der Waals surface area contributed by atoms with Crippen molar-refractivity contribution in [2.45, 2.75) is 33.7 Å². The summed E-state index contributed by atoms with van der Waals surface area (Å²) in [7, 11) is 0. The minimum absolute atomic E-state index is 0.632. The molecule has 0 aliphatic heterocycles. The first-order valence-electron chi connectivity index (χ1n) is 7.58. The molecule has 1 N–H and O–H groups in total. The molecule has 0 amide bonds. The Bertz CT molecular complexity index is 532. The lowest BCUT2D eigenvalue weighted by Gasteiger charge is -2.04. The number of rotatable bonds is 8. The molecule has 2 rings (SSSR count). The van der Waals surface area contributed by atoms with Crippen molar-refractivity contribution in [1.29, 1.82) is 0 Å². The van der Waals surface area contributed by atoms with Gasteiger partial charge in [0.05, 0.1) is 12.3 Å². The Morgan fingerprint density at radius 3 is 2.67 bits per heavy atom. The van der Waals surface area contributed by atoms with Crippen LogP contribution in [0.15, 0.2) is 34.9 Å². The van der Waals surface area contributed by atoms with Gasteiger partial charge in [0.25, 0.3) is 0 Å². The van der Waals surface area contributed by atoms with Gasteiger partial charge < -0.3 is 14.6 Å². The smallest absolute Gasteiger partial charge is 0.167 e. The van der Waals surface area contributed by atoms with Crippen molar-refractivity contribution in [3.8, 4) is 17.1 Å². The molecule has 0 aliphatic rings. The number of benzene rings is 1. The molecule has 0 unspecified atom stereocenters. The third kappa shape index (κ3) is 4.90. The van der Waals surface area contributed by atoms with Crippen LogP contribution in [-0.4, -0.2) is 18.3 Å². The van der Waals surface area contributed by atoms with Crippen LogP contribution in [0.2, 0.25) is 0 Å². The summed E-state index contributed by atoms with van der Waals surface area (Å²) >= 11 is 0. The molecule has 0 atom stereocenters. The normalized spacial score (nSPS) is 11.0. The Kier molecular flexibility index (Phi) is 5.81. The molecule has 0 saturated carbocycles. The predicted molar refractivity (Wildman–Crippen MR) is 84.3 cm³/mol. The van der Waals surface area contributed by atoms with Crippen molar-refractivity contribution in [3.63, 3.8) is 0 Å². The molecule has 4 nitrogen and oxygen atoms in total. The average Bonchev–Trinajstić information content (AvgIpc) is 2.94. The van der Waals surface area contributed by atoms with Crippen LogP contribution < -0.4 is 10.1 Å². The van der Waals surface area contributed by atoms with Crippen LogP contribution in [0.25, 0.3) is 11.3 Å². The van der Waals surface area contributed by atoms with E-state index in [1.165, 1.54) is 0 Å². The van der Waals surface area contributed by atoms with E-state index in [9.17, 15) is 0 Å². The van der Waals surface area contributed by atoms with Gasteiger partial charge in [-0.3, -0.25) is 0 Å². The molecule has 2 aromatic rings. The molecule has 0 aliphatic carbocycles. The zero-order valence-electron chi connectivity index (χ0n) is 13.1.